The highest BCUT2D eigenvalue weighted by Crippen LogP contribution is 2.20. The number of likely N-dealkylation sites (N-methyl/N-ethyl adjacent to an activating group) is 1. The molecule has 0 radical (unpaired) electrons. The van der Waals surface area contributed by atoms with Gasteiger partial charge in [0, 0.05) is 18.3 Å². The highest BCUT2D eigenvalue weighted by Gasteiger charge is 2.25. The van der Waals surface area contributed by atoms with Gasteiger partial charge in [0.2, 0.25) is 15.9 Å². The Morgan fingerprint density at radius 2 is 1.74 bits per heavy atom. The van der Waals surface area contributed by atoms with Crippen LogP contribution in [0.15, 0.2) is 47.4 Å². The van der Waals surface area contributed by atoms with Crippen molar-refractivity contribution in [2.75, 3.05) is 25.0 Å². The average Bonchev–Trinajstić information content (AvgIpc) is 2.63. The highest BCUT2D eigenvalue weighted by molar-refractivity contribution is 7.89. The number of sulfonamides is 1. The van der Waals surface area contributed by atoms with Crippen molar-refractivity contribution < 1.29 is 26.7 Å². The number of halogens is 2. The van der Waals surface area contributed by atoms with E-state index in [1.807, 2.05) is 6.92 Å². The first-order valence-corrected chi connectivity index (χ1v) is 9.69. The maximum absolute atomic E-state index is 13.2. The first kappa shape index (κ1) is 20.8. The van der Waals surface area contributed by atoms with Crippen molar-refractivity contribution in [1.82, 2.24) is 4.31 Å². The van der Waals surface area contributed by atoms with E-state index >= 15 is 0 Å². The fourth-order valence-electron chi connectivity index (χ4n) is 2.32. The van der Waals surface area contributed by atoms with Crippen LogP contribution >= 0.6 is 0 Å². The van der Waals surface area contributed by atoms with Gasteiger partial charge in [-0.25, -0.2) is 17.2 Å². The van der Waals surface area contributed by atoms with E-state index in [0.717, 1.165) is 16.4 Å². The molecular weight excluding hydrogens is 378 g/mol. The number of nitrogens with one attached hydrogen (secondary N) is 1. The summed E-state index contributed by atoms with van der Waals surface area (Å²) in [4.78, 5) is 12.2. The van der Waals surface area contributed by atoms with Gasteiger partial charge in [-0.2, -0.15) is 4.31 Å². The fraction of sp³-hybridized carbons (Fsp3) is 0.278. The third-order valence-corrected chi connectivity index (χ3v) is 5.58. The lowest BCUT2D eigenvalue weighted by atomic mass is 10.3. The van der Waals surface area contributed by atoms with E-state index in [9.17, 15) is 22.0 Å². The molecule has 9 heteroatoms. The van der Waals surface area contributed by atoms with Crippen LogP contribution in [-0.4, -0.2) is 38.3 Å². The molecule has 0 unspecified atom stereocenters. The van der Waals surface area contributed by atoms with E-state index in [0.29, 0.717) is 12.4 Å². The Bertz CT molecular complexity index is 902. The molecule has 1 amide bonds. The van der Waals surface area contributed by atoms with Crippen LogP contribution in [0.25, 0.3) is 0 Å². The molecule has 0 aliphatic heterocycles. The number of amides is 1. The van der Waals surface area contributed by atoms with Crippen molar-refractivity contribution in [3.8, 4) is 5.75 Å². The summed E-state index contributed by atoms with van der Waals surface area (Å²) in [5.41, 5.74) is 0.0356. The SMILES string of the molecule is CCOc1ccc(S(=O)(=O)N(CC)CC(=O)Nc2ccc(F)c(F)c2)cc1. The van der Waals surface area contributed by atoms with Gasteiger partial charge >= 0.3 is 0 Å². The molecule has 2 aromatic rings. The second-order valence-electron chi connectivity index (χ2n) is 5.51. The Balaban J connectivity index is 2.11. The molecule has 0 spiro atoms. The van der Waals surface area contributed by atoms with E-state index in [2.05, 4.69) is 5.32 Å². The largest absolute Gasteiger partial charge is 0.494 e. The van der Waals surface area contributed by atoms with E-state index in [1.165, 1.54) is 30.3 Å². The van der Waals surface area contributed by atoms with Crippen molar-refractivity contribution >= 4 is 21.6 Å². The molecule has 0 bridgehead atoms. The molecule has 6 nitrogen and oxygen atoms in total. The van der Waals surface area contributed by atoms with Crippen LogP contribution in [-0.2, 0) is 14.8 Å². The van der Waals surface area contributed by atoms with Crippen LogP contribution in [0.2, 0.25) is 0 Å². The van der Waals surface area contributed by atoms with E-state index < -0.39 is 34.1 Å². The second kappa shape index (κ2) is 8.92. The lowest BCUT2D eigenvalue weighted by Gasteiger charge is -2.20. The molecule has 0 saturated carbocycles. The number of anilines is 1. The molecule has 27 heavy (non-hydrogen) atoms. The molecule has 0 atom stereocenters. The van der Waals surface area contributed by atoms with Gasteiger partial charge in [0.25, 0.3) is 0 Å². The molecule has 146 valence electrons. The number of carbonyl (C=O) groups is 1. The lowest BCUT2D eigenvalue weighted by molar-refractivity contribution is -0.116. The Hall–Kier alpha value is -2.52. The van der Waals surface area contributed by atoms with Gasteiger partial charge in [0.05, 0.1) is 18.0 Å². The Morgan fingerprint density at radius 3 is 2.30 bits per heavy atom. The van der Waals surface area contributed by atoms with Gasteiger partial charge in [0.1, 0.15) is 5.75 Å². The predicted molar refractivity (Wildman–Crippen MR) is 97.0 cm³/mol. The predicted octanol–water partition coefficient (Wildman–Crippen LogP) is 3.01. The molecule has 0 fully saturated rings. The van der Waals surface area contributed by atoms with Crippen molar-refractivity contribution in [2.45, 2.75) is 18.7 Å². The minimum atomic E-state index is -3.90. The summed E-state index contributed by atoms with van der Waals surface area (Å²) in [6.07, 6.45) is 0. The number of hydrogen-bond donors (Lipinski definition) is 1. The molecular formula is C18H20F2N2O4S. The maximum Gasteiger partial charge on any atom is 0.243 e. The van der Waals surface area contributed by atoms with Crippen molar-refractivity contribution in [3.05, 3.63) is 54.1 Å². The van der Waals surface area contributed by atoms with Crippen molar-refractivity contribution in [2.24, 2.45) is 0 Å². The second-order valence-corrected chi connectivity index (χ2v) is 7.45. The van der Waals surface area contributed by atoms with Gasteiger partial charge in [-0.05, 0) is 43.3 Å². The van der Waals surface area contributed by atoms with Crippen LogP contribution in [0.3, 0.4) is 0 Å². The zero-order valence-electron chi connectivity index (χ0n) is 14.9. The molecule has 0 heterocycles. The Labute approximate surface area is 156 Å². The zero-order valence-corrected chi connectivity index (χ0v) is 15.7. The van der Waals surface area contributed by atoms with Crippen molar-refractivity contribution in [1.29, 1.82) is 0 Å². The topological polar surface area (TPSA) is 75.7 Å². The van der Waals surface area contributed by atoms with Gasteiger partial charge in [-0.15, -0.1) is 0 Å². The van der Waals surface area contributed by atoms with E-state index in [-0.39, 0.29) is 17.1 Å². The first-order valence-electron chi connectivity index (χ1n) is 8.25. The van der Waals surface area contributed by atoms with E-state index in [4.69, 9.17) is 4.74 Å². The lowest BCUT2D eigenvalue weighted by Crippen LogP contribution is -2.37. The summed E-state index contributed by atoms with van der Waals surface area (Å²) < 4.78 is 57.8. The van der Waals surface area contributed by atoms with Crippen LogP contribution in [0.1, 0.15) is 13.8 Å². The molecule has 0 saturated heterocycles. The van der Waals surface area contributed by atoms with Crippen LogP contribution in [0, 0.1) is 11.6 Å². The summed E-state index contributed by atoms with van der Waals surface area (Å²) in [6, 6.07) is 8.75. The number of hydrogen-bond acceptors (Lipinski definition) is 4. The molecule has 0 aliphatic rings. The van der Waals surface area contributed by atoms with Gasteiger partial charge in [-0.3, -0.25) is 4.79 Å². The maximum atomic E-state index is 13.2. The third kappa shape index (κ3) is 5.24. The van der Waals surface area contributed by atoms with Crippen LogP contribution in [0.5, 0.6) is 5.75 Å². The molecule has 1 N–H and O–H groups in total. The van der Waals surface area contributed by atoms with Crippen LogP contribution < -0.4 is 10.1 Å². The summed E-state index contributed by atoms with van der Waals surface area (Å²) in [7, 11) is -3.90. The van der Waals surface area contributed by atoms with Gasteiger partial charge in [-0.1, -0.05) is 6.92 Å². The monoisotopic (exact) mass is 398 g/mol. The average molecular weight is 398 g/mol. The number of ether oxygens (including phenoxy) is 1. The molecule has 2 rings (SSSR count). The molecule has 0 aromatic heterocycles. The molecule has 2 aromatic carbocycles. The Kier molecular flexibility index (Phi) is 6.86. The van der Waals surface area contributed by atoms with Gasteiger partial charge < -0.3 is 10.1 Å². The van der Waals surface area contributed by atoms with Crippen LogP contribution in [0.4, 0.5) is 14.5 Å². The third-order valence-electron chi connectivity index (χ3n) is 3.65. The first-order chi connectivity index (χ1) is 12.8. The number of carbonyl (C=O) groups excluding carboxylic acids is 1. The fourth-order valence-corrected chi connectivity index (χ4v) is 3.73. The number of benzene rings is 2. The Morgan fingerprint density at radius 1 is 1.07 bits per heavy atom. The molecule has 0 aliphatic carbocycles. The standard InChI is InChI=1S/C18H20F2N2O4S/c1-3-22(12-18(23)21-13-5-10-16(19)17(20)11-13)27(24,25)15-8-6-14(7-9-15)26-4-2/h5-11H,3-4,12H2,1-2H3,(H,21,23). The summed E-state index contributed by atoms with van der Waals surface area (Å²) in [6.45, 7) is 3.45. The summed E-state index contributed by atoms with van der Waals surface area (Å²) >= 11 is 0. The minimum absolute atomic E-state index is 0.0217. The quantitative estimate of drug-likeness (QED) is 0.742. The summed E-state index contributed by atoms with van der Waals surface area (Å²) in [5.74, 6) is -2.28. The summed E-state index contributed by atoms with van der Waals surface area (Å²) in [5, 5.41) is 2.35. The number of nitrogens with zero attached hydrogens (tertiary/aromatic N) is 1. The minimum Gasteiger partial charge on any atom is -0.494 e. The highest BCUT2D eigenvalue weighted by atomic mass is 32.2. The zero-order chi connectivity index (χ0) is 20.0. The van der Waals surface area contributed by atoms with Gasteiger partial charge in [0.15, 0.2) is 11.6 Å². The van der Waals surface area contributed by atoms with E-state index in [1.54, 1.807) is 6.92 Å². The number of rotatable bonds is 8. The van der Waals surface area contributed by atoms with Crippen molar-refractivity contribution in [3.63, 3.8) is 0 Å². The smallest absolute Gasteiger partial charge is 0.243 e. The normalized spacial score (nSPS) is 11.4.